The normalized spacial score (nSPS) is 10.7. The fraction of sp³-hybridized carbons (Fsp3) is 0.333. The summed E-state index contributed by atoms with van der Waals surface area (Å²) >= 11 is 7.24. The maximum Gasteiger partial charge on any atom is 0.335 e. The number of rotatable bonds is 8. The van der Waals surface area contributed by atoms with Crippen LogP contribution in [0.4, 0.5) is 11.4 Å². The number of amides is 1. The van der Waals surface area contributed by atoms with Crippen molar-refractivity contribution in [1.82, 2.24) is 0 Å². The molecule has 0 spiro atoms. The van der Waals surface area contributed by atoms with Crippen molar-refractivity contribution in [3.05, 3.63) is 45.1 Å². The van der Waals surface area contributed by atoms with Gasteiger partial charge in [0.05, 0.1) is 27.7 Å². The minimum Gasteiger partial charge on any atom is -0.478 e. The third-order valence-electron chi connectivity index (χ3n) is 3.85. The van der Waals surface area contributed by atoms with Crippen molar-refractivity contribution >= 4 is 46.2 Å². The zero-order chi connectivity index (χ0) is 18.4. The largest absolute Gasteiger partial charge is 0.478 e. The maximum absolute atomic E-state index is 12.3. The first kappa shape index (κ1) is 19.3. The Morgan fingerprint density at radius 3 is 2.44 bits per heavy atom. The summed E-state index contributed by atoms with van der Waals surface area (Å²) in [6.07, 6.45) is 2.05. The Bertz CT molecular complexity index is 757. The number of hydrogen-bond donors (Lipinski definition) is 3. The number of benzene rings is 1. The topological polar surface area (TPSA) is 78.4 Å². The van der Waals surface area contributed by atoms with Gasteiger partial charge in [0.15, 0.2) is 0 Å². The SMILES string of the molecule is CCC(CC)Nc1ccc(C(=O)O)cc1NC(=O)Cc1ccc(Cl)s1. The number of thiophene rings is 1. The van der Waals surface area contributed by atoms with E-state index in [-0.39, 0.29) is 23.9 Å². The number of carboxylic acid groups (broad SMARTS) is 1. The van der Waals surface area contributed by atoms with Gasteiger partial charge in [-0.2, -0.15) is 0 Å². The second-order valence-corrected chi connectivity index (χ2v) is 7.45. The van der Waals surface area contributed by atoms with Gasteiger partial charge < -0.3 is 15.7 Å². The van der Waals surface area contributed by atoms with Crippen LogP contribution in [0.1, 0.15) is 41.9 Å². The molecule has 1 amide bonds. The number of halogens is 1. The van der Waals surface area contributed by atoms with Crippen LogP contribution in [-0.2, 0) is 11.2 Å². The Balaban J connectivity index is 2.20. The van der Waals surface area contributed by atoms with Gasteiger partial charge >= 0.3 is 5.97 Å². The van der Waals surface area contributed by atoms with Crippen molar-refractivity contribution < 1.29 is 14.7 Å². The molecule has 1 aromatic heterocycles. The Morgan fingerprint density at radius 1 is 1.16 bits per heavy atom. The molecule has 0 saturated carbocycles. The highest BCUT2D eigenvalue weighted by Gasteiger charge is 2.14. The fourth-order valence-electron chi connectivity index (χ4n) is 2.42. The van der Waals surface area contributed by atoms with E-state index in [0.717, 1.165) is 23.4 Å². The molecule has 0 fully saturated rings. The zero-order valence-electron chi connectivity index (χ0n) is 14.1. The molecule has 0 atom stereocenters. The minimum absolute atomic E-state index is 0.129. The molecule has 0 aliphatic carbocycles. The van der Waals surface area contributed by atoms with E-state index in [0.29, 0.717) is 10.0 Å². The Morgan fingerprint density at radius 2 is 1.88 bits per heavy atom. The number of aromatic carboxylic acids is 1. The van der Waals surface area contributed by atoms with Crippen LogP contribution in [0.2, 0.25) is 4.34 Å². The molecule has 0 saturated heterocycles. The molecule has 1 heterocycles. The minimum atomic E-state index is -1.03. The summed E-state index contributed by atoms with van der Waals surface area (Å²) in [6, 6.07) is 8.51. The highest BCUT2D eigenvalue weighted by Crippen LogP contribution is 2.26. The number of hydrogen-bond acceptors (Lipinski definition) is 4. The molecule has 0 bridgehead atoms. The molecule has 25 heavy (non-hydrogen) atoms. The van der Waals surface area contributed by atoms with E-state index >= 15 is 0 Å². The van der Waals surface area contributed by atoms with Crippen LogP contribution < -0.4 is 10.6 Å². The molecule has 0 aliphatic heterocycles. The first-order chi connectivity index (χ1) is 11.9. The van der Waals surface area contributed by atoms with Crippen LogP contribution in [0.3, 0.4) is 0 Å². The lowest BCUT2D eigenvalue weighted by Crippen LogP contribution is -2.20. The van der Waals surface area contributed by atoms with Crippen LogP contribution in [0.25, 0.3) is 0 Å². The second kappa shape index (κ2) is 8.87. The van der Waals surface area contributed by atoms with Gasteiger partial charge in [-0.05, 0) is 43.2 Å². The van der Waals surface area contributed by atoms with Crippen molar-refractivity contribution in [2.75, 3.05) is 10.6 Å². The molecule has 0 aliphatic rings. The summed E-state index contributed by atoms with van der Waals surface area (Å²) in [6.45, 7) is 4.15. The van der Waals surface area contributed by atoms with Gasteiger partial charge in [0.25, 0.3) is 0 Å². The van der Waals surface area contributed by atoms with E-state index in [1.54, 1.807) is 12.1 Å². The van der Waals surface area contributed by atoms with Gasteiger partial charge in [-0.25, -0.2) is 4.79 Å². The standard InChI is InChI=1S/C18H21ClN2O3S/c1-3-12(4-2)20-14-7-5-11(18(23)24)9-15(14)21-17(22)10-13-6-8-16(19)25-13/h5-9,12,20H,3-4,10H2,1-2H3,(H,21,22)(H,23,24). The molecule has 2 aromatic rings. The number of nitrogens with one attached hydrogen (secondary N) is 2. The molecule has 2 rings (SSSR count). The third-order valence-corrected chi connectivity index (χ3v) is 5.08. The third kappa shape index (κ3) is 5.47. The summed E-state index contributed by atoms with van der Waals surface area (Å²) in [7, 11) is 0. The summed E-state index contributed by atoms with van der Waals surface area (Å²) in [5.41, 5.74) is 1.32. The van der Waals surface area contributed by atoms with E-state index in [1.807, 2.05) is 6.07 Å². The smallest absolute Gasteiger partial charge is 0.335 e. The molecule has 0 unspecified atom stereocenters. The monoisotopic (exact) mass is 380 g/mol. The van der Waals surface area contributed by atoms with Crippen LogP contribution in [-0.4, -0.2) is 23.0 Å². The van der Waals surface area contributed by atoms with Crippen LogP contribution in [0.15, 0.2) is 30.3 Å². The van der Waals surface area contributed by atoms with E-state index in [2.05, 4.69) is 24.5 Å². The van der Waals surface area contributed by atoms with Crippen LogP contribution in [0.5, 0.6) is 0 Å². The van der Waals surface area contributed by atoms with Crippen molar-refractivity contribution in [2.45, 2.75) is 39.2 Å². The van der Waals surface area contributed by atoms with Crippen molar-refractivity contribution in [1.29, 1.82) is 0 Å². The highest BCUT2D eigenvalue weighted by atomic mass is 35.5. The Hall–Kier alpha value is -2.05. The average Bonchev–Trinajstić information content (AvgIpc) is 2.98. The summed E-state index contributed by atoms with van der Waals surface area (Å²) in [5, 5.41) is 15.4. The molecule has 0 radical (unpaired) electrons. The Labute approximate surface area is 156 Å². The van der Waals surface area contributed by atoms with E-state index < -0.39 is 5.97 Å². The molecule has 5 nitrogen and oxygen atoms in total. The molecule has 134 valence electrons. The van der Waals surface area contributed by atoms with Crippen molar-refractivity contribution in [3.63, 3.8) is 0 Å². The first-order valence-electron chi connectivity index (χ1n) is 8.10. The Kier molecular flexibility index (Phi) is 6.84. The van der Waals surface area contributed by atoms with E-state index in [9.17, 15) is 14.7 Å². The van der Waals surface area contributed by atoms with Gasteiger partial charge in [-0.15, -0.1) is 11.3 Å². The van der Waals surface area contributed by atoms with Crippen molar-refractivity contribution in [2.24, 2.45) is 0 Å². The zero-order valence-corrected chi connectivity index (χ0v) is 15.7. The highest BCUT2D eigenvalue weighted by molar-refractivity contribution is 7.16. The van der Waals surface area contributed by atoms with Gasteiger partial charge in [-0.1, -0.05) is 25.4 Å². The fourth-order valence-corrected chi connectivity index (χ4v) is 3.50. The van der Waals surface area contributed by atoms with Crippen LogP contribution in [0, 0.1) is 0 Å². The van der Waals surface area contributed by atoms with Gasteiger partial charge in [0, 0.05) is 10.9 Å². The lowest BCUT2D eigenvalue weighted by atomic mass is 10.1. The summed E-state index contributed by atoms with van der Waals surface area (Å²) in [4.78, 5) is 24.4. The number of anilines is 2. The number of carbonyl (C=O) groups excluding carboxylic acids is 1. The second-order valence-electron chi connectivity index (χ2n) is 5.65. The summed E-state index contributed by atoms with van der Waals surface area (Å²) in [5.74, 6) is -1.25. The molecular weight excluding hydrogens is 360 g/mol. The predicted molar refractivity (Wildman–Crippen MR) is 103 cm³/mol. The average molecular weight is 381 g/mol. The number of carbonyl (C=O) groups is 2. The van der Waals surface area contributed by atoms with Gasteiger partial charge in [0.2, 0.25) is 5.91 Å². The lowest BCUT2D eigenvalue weighted by molar-refractivity contribution is -0.115. The predicted octanol–water partition coefficient (Wildman–Crippen LogP) is 4.88. The first-order valence-corrected chi connectivity index (χ1v) is 9.30. The molecular formula is C18H21ClN2O3S. The van der Waals surface area contributed by atoms with Gasteiger partial charge in [0.1, 0.15) is 0 Å². The maximum atomic E-state index is 12.3. The van der Waals surface area contributed by atoms with Crippen LogP contribution >= 0.6 is 22.9 Å². The van der Waals surface area contributed by atoms with E-state index in [4.69, 9.17) is 11.6 Å². The number of carboxylic acids is 1. The molecule has 1 aromatic carbocycles. The van der Waals surface area contributed by atoms with Gasteiger partial charge in [-0.3, -0.25) is 4.79 Å². The van der Waals surface area contributed by atoms with Crippen molar-refractivity contribution in [3.8, 4) is 0 Å². The summed E-state index contributed by atoms with van der Waals surface area (Å²) < 4.78 is 0.631. The lowest BCUT2D eigenvalue weighted by Gasteiger charge is -2.20. The van der Waals surface area contributed by atoms with E-state index in [1.165, 1.54) is 23.5 Å². The molecule has 7 heteroatoms. The quantitative estimate of drug-likeness (QED) is 0.609. The molecule has 3 N–H and O–H groups in total.